The van der Waals surface area contributed by atoms with Crippen LogP contribution in [0.3, 0.4) is 0 Å². The number of imidazole rings is 1. The van der Waals surface area contributed by atoms with E-state index in [0.29, 0.717) is 13.0 Å². The Morgan fingerprint density at radius 2 is 2.50 bits per heavy atom. The lowest BCUT2D eigenvalue weighted by molar-refractivity contribution is -0.123. The van der Waals surface area contributed by atoms with Gasteiger partial charge in [-0.1, -0.05) is 0 Å². The summed E-state index contributed by atoms with van der Waals surface area (Å²) in [7, 11) is 1.87. The van der Waals surface area contributed by atoms with Crippen LogP contribution in [0.2, 0.25) is 0 Å². The third-order valence-corrected chi connectivity index (χ3v) is 2.72. The molecular weight excluding hydrogens is 232 g/mol. The van der Waals surface area contributed by atoms with Gasteiger partial charge in [-0.25, -0.2) is 4.98 Å². The quantitative estimate of drug-likeness (QED) is 0.729. The number of carbonyl (C=O) groups is 2. The highest BCUT2D eigenvalue weighted by atomic mass is 16.2. The number of hydrogen-bond donors (Lipinski definition) is 2. The largest absolute Gasteiger partial charge is 0.356 e. The summed E-state index contributed by atoms with van der Waals surface area (Å²) in [6, 6.07) is -0.0698. The summed E-state index contributed by atoms with van der Waals surface area (Å²) in [5.74, 6) is -0.208. The number of nitrogens with one attached hydrogen (secondary N) is 2. The maximum atomic E-state index is 11.6. The molecule has 0 aromatic carbocycles. The highest BCUT2D eigenvalue weighted by Crippen LogP contribution is 2.03. The molecule has 1 fully saturated rings. The van der Waals surface area contributed by atoms with Gasteiger partial charge in [-0.05, 0) is 12.5 Å². The molecule has 2 amide bonds. The van der Waals surface area contributed by atoms with E-state index in [-0.39, 0.29) is 17.9 Å². The molecule has 2 heterocycles. The molecule has 2 N–H and O–H groups in total. The van der Waals surface area contributed by atoms with Crippen molar-refractivity contribution >= 4 is 17.9 Å². The minimum Gasteiger partial charge on any atom is -0.356 e. The third-order valence-electron chi connectivity index (χ3n) is 2.72. The molecule has 6 heteroatoms. The van der Waals surface area contributed by atoms with Crippen LogP contribution in [0.4, 0.5) is 0 Å². The van der Waals surface area contributed by atoms with E-state index in [4.69, 9.17) is 0 Å². The smallest absolute Gasteiger partial charge is 0.244 e. The predicted octanol–water partition coefficient (Wildman–Crippen LogP) is -0.172. The highest BCUT2D eigenvalue weighted by Gasteiger charge is 2.19. The SMILES string of the molecule is Cn1cnc(C=CC(=O)NC2CCNC(=O)C2)c1. The molecule has 0 spiro atoms. The van der Waals surface area contributed by atoms with Gasteiger partial charge in [-0.15, -0.1) is 0 Å². The molecule has 0 aliphatic carbocycles. The monoisotopic (exact) mass is 248 g/mol. The number of nitrogens with zero attached hydrogens (tertiary/aromatic N) is 2. The van der Waals surface area contributed by atoms with Crippen LogP contribution in [0.25, 0.3) is 6.08 Å². The fourth-order valence-electron chi connectivity index (χ4n) is 1.84. The average Bonchev–Trinajstić information content (AvgIpc) is 2.73. The lowest BCUT2D eigenvalue weighted by Gasteiger charge is -2.22. The topological polar surface area (TPSA) is 76.0 Å². The van der Waals surface area contributed by atoms with Crippen molar-refractivity contribution in [1.29, 1.82) is 0 Å². The molecule has 1 saturated heterocycles. The van der Waals surface area contributed by atoms with E-state index in [0.717, 1.165) is 12.1 Å². The fraction of sp³-hybridized carbons (Fsp3) is 0.417. The number of carbonyl (C=O) groups excluding carboxylic acids is 2. The summed E-state index contributed by atoms with van der Waals surface area (Å²) < 4.78 is 1.81. The first-order valence-electron chi connectivity index (χ1n) is 5.87. The number of aromatic nitrogens is 2. The van der Waals surface area contributed by atoms with Gasteiger partial charge in [-0.3, -0.25) is 9.59 Å². The van der Waals surface area contributed by atoms with Gasteiger partial charge in [0.05, 0.1) is 12.0 Å². The van der Waals surface area contributed by atoms with E-state index >= 15 is 0 Å². The zero-order valence-electron chi connectivity index (χ0n) is 10.2. The van der Waals surface area contributed by atoms with Crippen LogP contribution in [0.5, 0.6) is 0 Å². The van der Waals surface area contributed by atoms with Crippen molar-refractivity contribution in [3.8, 4) is 0 Å². The molecule has 1 atom stereocenters. The van der Waals surface area contributed by atoms with Crippen molar-refractivity contribution in [3.63, 3.8) is 0 Å². The zero-order valence-corrected chi connectivity index (χ0v) is 10.2. The molecule has 1 aromatic heterocycles. The second-order valence-corrected chi connectivity index (χ2v) is 4.35. The van der Waals surface area contributed by atoms with E-state index in [1.54, 1.807) is 12.4 Å². The molecule has 1 aromatic rings. The van der Waals surface area contributed by atoms with Crippen LogP contribution in [0.1, 0.15) is 18.5 Å². The Balaban J connectivity index is 1.84. The summed E-state index contributed by atoms with van der Waals surface area (Å²) in [6.07, 6.45) is 7.70. The van der Waals surface area contributed by atoms with Gasteiger partial charge in [0, 0.05) is 38.3 Å². The van der Waals surface area contributed by atoms with Gasteiger partial charge in [-0.2, -0.15) is 0 Å². The van der Waals surface area contributed by atoms with E-state index in [1.165, 1.54) is 6.08 Å². The van der Waals surface area contributed by atoms with Crippen LogP contribution < -0.4 is 10.6 Å². The minimum atomic E-state index is -0.194. The standard InChI is InChI=1S/C12H16N4O2/c1-16-7-10(14-8-16)2-3-11(17)15-9-4-5-13-12(18)6-9/h2-3,7-9H,4-6H2,1H3,(H,13,18)(H,15,17). The Labute approximate surface area is 105 Å². The Kier molecular flexibility index (Phi) is 3.76. The molecule has 0 saturated carbocycles. The maximum Gasteiger partial charge on any atom is 0.244 e. The predicted molar refractivity (Wildman–Crippen MR) is 66.4 cm³/mol. The van der Waals surface area contributed by atoms with Crippen molar-refractivity contribution < 1.29 is 9.59 Å². The van der Waals surface area contributed by atoms with Crippen LogP contribution in [-0.4, -0.2) is 34.0 Å². The Hall–Kier alpha value is -2.11. The molecule has 96 valence electrons. The molecule has 0 bridgehead atoms. The summed E-state index contributed by atoms with van der Waals surface area (Å²) >= 11 is 0. The van der Waals surface area contributed by atoms with Gasteiger partial charge in [0.15, 0.2) is 0 Å². The Bertz CT molecular complexity index is 478. The number of hydrogen-bond acceptors (Lipinski definition) is 3. The number of piperidine rings is 1. The minimum absolute atomic E-state index is 0.0137. The summed E-state index contributed by atoms with van der Waals surface area (Å²) in [5.41, 5.74) is 0.731. The molecule has 2 rings (SSSR count). The van der Waals surface area contributed by atoms with E-state index < -0.39 is 0 Å². The van der Waals surface area contributed by atoms with E-state index in [1.807, 2.05) is 17.8 Å². The number of amides is 2. The van der Waals surface area contributed by atoms with Gasteiger partial charge in [0.2, 0.25) is 11.8 Å². The second kappa shape index (κ2) is 5.48. The van der Waals surface area contributed by atoms with Gasteiger partial charge in [0.1, 0.15) is 0 Å². The first kappa shape index (κ1) is 12.3. The molecule has 0 radical (unpaired) electrons. The molecule has 1 aliphatic heterocycles. The lowest BCUT2D eigenvalue weighted by Crippen LogP contribution is -2.45. The Morgan fingerprint density at radius 1 is 1.67 bits per heavy atom. The lowest BCUT2D eigenvalue weighted by atomic mass is 10.1. The maximum absolute atomic E-state index is 11.6. The van der Waals surface area contributed by atoms with Crippen molar-refractivity contribution in [2.45, 2.75) is 18.9 Å². The second-order valence-electron chi connectivity index (χ2n) is 4.35. The number of rotatable bonds is 3. The van der Waals surface area contributed by atoms with Gasteiger partial charge in [0.25, 0.3) is 0 Å². The first-order chi connectivity index (χ1) is 8.63. The van der Waals surface area contributed by atoms with Crippen LogP contribution in [-0.2, 0) is 16.6 Å². The number of aryl methyl sites for hydroxylation is 1. The first-order valence-corrected chi connectivity index (χ1v) is 5.87. The normalized spacial score (nSPS) is 19.8. The Morgan fingerprint density at radius 3 is 3.17 bits per heavy atom. The van der Waals surface area contributed by atoms with Gasteiger partial charge < -0.3 is 15.2 Å². The summed E-state index contributed by atoms with van der Waals surface area (Å²) in [4.78, 5) is 26.9. The summed E-state index contributed by atoms with van der Waals surface area (Å²) in [5, 5.41) is 5.53. The van der Waals surface area contributed by atoms with Crippen LogP contribution in [0, 0.1) is 0 Å². The van der Waals surface area contributed by atoms with Crippen LogP contribution in [0.15, 0.2) is 18.6 Å². The summed E-state index contributed by atoms with van der Waals surface area (Å²) in [6.45, 7) is 0.619. The average molecular weight is 248 g/mol. The van der Waals surface area contributed by atoms with Crippen molar-refractivity contribution in [2.24, 2.45) is 7.05 Å². The molecule has 1 unspecified atom stereocenters. The van der Waals surface area contributed by atoms with Crippen molar-refractivity contribution in [3.05, 3.63) is 24.3 Å². The molecule has 1 aliphatic rings. The van der Waals surface area contributed by atoms with Crippen molar-refractivity contribution in [2.75, 3.05) is 6.54 Å². The van der Waals surface area contributed by atoms with Crippen molar-refractivity contribution in [1.82, 2.24) is 20.2 Å². The fourth-order valence-corrected chi connectivity index (χ4v) is 1.84. The van der Waals surface area contributed by atoms with E-state index in [2.05, 4.69) is 15.6 Å². The van der Waals surface area contributed by atoms with E-state index in [9.17, 15) is 9.59 Å². The highest BCUT2D eigenvalue weighted by molar-refractivity contribution is 5.92. The van der Waals surface area contributed by atoms with Crippen LogP contribution >= 0.6 is 0 Å². The van der Waals surface area contributed by atoms with Gasteiger partial charge >= 0.3 is 0 Å². The zero-order chi connectivity index (χ0) is 13.0. The molecule has 18 heavy (non-hydrogen) atoms. The molecule has 6 nitrogen and oxygen atoms in total. The third kappa shape index (κ3) is 3.44. The molecular formula is C12H16N4O2.